The fraction of sp³-hybridized carbons (Fsp3) is 1.00. The molecule has 1 aliphatic heterocycles. The van der Waals surface area contributed by atoms with E-state index < -0.39 is 0 Å². The van der Waals surface area contributed by atoms with Crippen LogP contribution in [0.1, 0.15) is 51.9 Å². The van der Waals surface area contributed by atoms with Crippen LogP contribution in [0.2, 0.25) is 0 Å². The number of hydrogen-bond acceptors (Lipinski definition) is 2. The zero-order valence-electron chi connectivity index (χ0n) is 10.2. The summed E-state index contributed by atoms with van der Waals surface area (Å²) in [4.78, 5) is 2.70. The first-order chi connectivity index (χ1) is 7.26. The summed E-state index contributed by atoms with van der Waals surface area (Å²) in [5.41, 5.74) is 6.48. The number of nitrogens with zero attached hydrogens (tertiary/aromatic N) is 1. The molecule has 15 heavy (non-hydrogen) atoms. The molecule has 2 heteroatoms. The summed E-state index contributed by atoms with van der Waals surface area (Å²) in [6.07, 6.45) is 9.75. The number of piperidine rings is 1. The van der Waals surface area contributed by atoms with Crippen molar-refractivity contribution >= 4 is 0 Å². The molecular weight excluding hydrogens is 184 g/mol. The van der Waals surface area contributed by atoms with Gasteiger partial charge in [0.05, 0.1) is 0 Å². The molecule has 0 amide bonds. The van der Waals surface area contributed by atoms with Gasteiger partial charge in [0.2, 0.25) is 0 Å². The third-order valence-corrected chi connectivity index (χ3v) is 4.58. The Hall–Kier alpha value is -0.0800. The van der Waals surface area contributed by atoms with E-state index in [4.69, 9.17) is 5.73 Å². The SMILES string of the molecule is CC1CCCCN1CC1(CN)CCCC1. The maximum atomic E-state index is 6.00. The van der Waals surface area contributed by atoms with Gasteiger partial charge in [0.25, 0.3) is 0 Å². The lowest BCUT2D eigenvalue weighted by molar-refractivity contribution is 0.0941. The van der Waals surface area contributed by atoms with Crippen molar-refractivity contribution in [3.8, 4) is 0 Å². The lowest BCUT2D eigenvalue weighted by Crippen LogP contribution is -2.46. The minimum Gasteiger partial charge on any atom is -0.330 e. The zero-order chi connectivity index (χ0) is 10.7. The van der Waals surface area contributed by atoms with Crippen molar-refractivity contribution in [2.24, 2.45) is 11.1 Å². The number of likely N-dealkylation sites (tertiary alicyclic amines) is 1. The van der Waals surface area contributed by atoms with Gasteiger partial charge in [-0.25, -0.2) is 0 Å². The second-order valence-corrected chi connectivity index (χ2v) is 5.73. The predicted molar refractivity (Wildman–Crippen MR) is 64.8 cm³/mol. The largest absolute Gasteiger partial charge is 0.330 e. The number of nitrogens with two attached hydrogens (primary N) is 1. The van der Waals surface area contributed by atoms with E-state index in [9.17, 15) is 0 Å². The normalized spacial score (nSPS) is 32.0. The van der Waals surface area contributed by atoms with Crippen molar-refractivity contribution < 1.29 is 0 Å². The standard InChI is InChI=1S/C13H26N2/c1-12-6-2-5-9-15(12)11-13(10-14)7-3-4-8-13/h12H,2-11,14H2,1H3. The van der Waals surface area contributed by atoms with Crippen LogP contribution in [0.4, 0.5) is 0 Å². The third kappa shape index (κ3) is 2.54. The van der Waals surface area contributed by atoms with Crippen LogP contribution in [0.3, 0.4) is 0 Å². The smallest absolute Gasteiger partial charge is 0.00671 e. The maximum absolute atomic E-state index is 6.00. The quantitative estimate of drug-likeness (QED) is 0.775. The van der Waals surface area contributed by atoms with E-state index in [1.54, 1.807) is 0 Å². The highest BCUT2D eigenvalue weighted by atomic mass is 15.2. The van der Waals surface area contributed by atoms with Crippen molar-refractivity contribution in [2.45, 2.75) is 57.9 Å². The van der Waals surface area contributed by atoms with E-state index >= 15 is 0 Å². The average Bonchev–Trinajstić information content (AvgIpc) is 2.71. The highest BCUT2D eigenvalue weighted by Crippen LogP contribution is 2.38. The number of hydrogen-bond donors (Lipinski definition) is 1. The molecular formula is C13H26N2. The Morgan fingerprint density at radius 2 is 1.93 bits per heavy atom. The second-order valence-electron chi connectivity index (χ2n) is 5.73. The van der Waals surface area contributed by atoms with Gasteiger partial charge in [0.15, 0.2) is 0 Å². The highest BCUT2D eigenvalue weighted by molar-refractivity contribution is 4.90. The third-order valence-electron chi connectivity index (χ3n) is 4.58. The van der Waals surface area contributed by atoms with Crippen molar-refractivity contribution in [1.82, 2.24) is 4.90 Å². The molecule has 1 saturated carbocycles. The van der Waals surface area contributed by atoms with E-state index in [1.165, 1.54) is 58.0 Å². The van der Waals surface area contributed by atoms with Crippen LogP contribution >= 0.6 is 0 Å². The average molecular weight is 210 g/mol. The molecule has 1 aliphatic carbocycles. The lowest BCUT2D eigenvalue weighted by atomic mass is 9.84. The summed E-state index contributed by atoms with van der Waals surface area (Å²) in [5, 5.41) is 0. The molecule has 0 aromatic heterocycles. The Morgan fingerprint density at radius 1 is 1.20 bits per heavy atom. The molecule has 1 saturated heterocycles. The Bertz CT molecular complexity index is 197. The minimum atomic E-state index is 0.478. The summed E-state index contributed by atoms with van der Waals surface area (Å²) < 4.78 is 0. The molecule has 2 rings (SSSR count). The van der Waals surface area contributed by atoms with Crippen molar-refractivity contribution in [3.05, 3.63) is 0 Å². The van der Waals surface area contributed by atoms with E-state index in [0.29, 0.717) is 5.41 Å². The van der Waals surface area contributed by atoms with Gasteiger partial charge in [-0.1, -0.05) is 19.3 Å². The topological polar surface area (TPSA) is 29.3 Å². The van der Waals surface area contributed by atoms with Crippen LogP contribution in [0.25, 0.3) is 0 Å². The molecule has 1 heterocycles. The van der Waals surface area contributed by atoms with Crippen LogP contribution in [-0.4, -0.2) is 30.6 Å². The van der Waals surface area contributed by atoms with Gasteiger partial charge in [0.1, 0.15) is 0 Å². The molecule has 2 N–H and O–H groups in total. The summed E-state index contributed by atoms with van der Waals surface area (Å²) in [6, 6.07) is 0.794. The molecule has 1 unspecified atom stereocenters. The Labute approximate surface area is 94.2 Å². The van der Waals surface area contributed by atoms with Gasteiger partial charge in [-0.05, 0) is 51.1 Å². The van der Waals surface area contributed by atoms with Crippen molar-refractivity contribution in [2.75, 3.05) is 19.6 Å². The van der Waals surface area contributed by atoms with Crippen LogP contribution in [0, 0.1) is 5.41 Å². The molecule has 2 nitrogen and oxygen atoms in total. The summed E-state index contributed by atoms with van der Waals surface area (Å²) >= 11 is 0. The lowest BCUT2D eigenvalue weighted by Gasteiger charge is -2.40. The molecule has 0 radical (unpaired) electrons. The number of rotatable bonds is 3. The molecule has 2 aliphatic rings. The molecule has 0 aromatic rings. The maximum Gasteiger partial charge on any atom is 0.00671 e. The van der Waals surface area contributed by atoms with Crippen molar-refractivity contribution in [3.63, 3.8) is 0 Å². The van der Waals surface area contributed by atoms with Crippen LogP contribution in [-0.2, 0) is 0 Å². The Morgan fingerprint density at radius 3 is 2.53 bits per heavy atom. The van der Waals surface area contributed by atoms with Gasteiger partial charge in [-0.15, -0.1) is 0 Å². The molecule has 0 aromatic carbocycles. The molecule has 1 atom stereocenters. The van der Waals surface area contributed by atoms with Gasteiger partial charge >= 0.3 is 0 Å². The van der Waals surface area contributed by atoms with Crippen LogP contribution in [0.15, 0.2) is 0 Å². The van der Waals surface area contributed by atoms with Crippen LogP contribution in [0.5, 0.6) is 0 Å². The van der Waals surface area contributed by atoms with Crippen molar-refractivity contribution in [1.29, 1.82) is 0 Å². The summed E-state index contributed by atoms with van der Waals surface area (Å²) in [6.45, 7) is 5.86. The molecule has 2 fully saturated rings. The molecule has 0 spiro atoms. The van der Waals surface area contributed by atoms with Gasteiger partial charge in [-0.2, -0.15) is 0 Å². The first kappa shape index (κ1) is 11.4. The summed E-state index contributed by atoms with van der Waals surface area (Å²) in [7, 11) is 0. The first-order valence-corrected chi connectivity index (χ1v) is 6.70. The first-order valence-electron chi connectivity index (χ1n) is 6.70. The van der Waals surface area contributed by atoms with E-state index in [1.807, 2.05) is 0 Å². The van der Waals surface area contributed by atoms with E-state index in [0.717, 1.165) is 12.6 Å². The van der Waals surface area contributed by atoms with Gasteiger partial charge < -0.3 is 10.6 Å². The zero-order valence-corrected chi connectivity index (χ0v) is 10.2. The summed E-state index contributed by atoms with van der Waals surface area (Å²) in [5.74, 6) is 0. The Balaban J connectivity index is 1.93. The minimum absolute atomic E-state index is 0.478. The van der Waals surface area contributed by atoms with Gasteiger partial charge in [0, 0.05) is 12.6 Å². The fourth-order valence-electron chi connectivity index (χ4n) is 3.38. The highest BCUT2D eigenvalue weighted by Gasteiger charge is 2.35. The predicted octanol–water partition coefficient (Wildman–Crippen LogP) is 2.38. The van der Waals surface area contributed by atoms with Crippen LogP contribution < -0.4 is 5.73 Å². The van der Waals surface area contributed by atoms with E-state index in [-0.39, 0.29) is 0 Å². The van der Waals surface area contributed by atoms with E-state index in [2.05, 4.69) is 11.8 Å². The Kier molecular flexibility index (Phi) is 3.68. The monoisotopic (exact) mass is 210 g/mol. The fourth-order valence-corrected chi connectivity index (χ4v) is 3.38. The molecule has 88 valence electrons. The second kappa shape index (κ2) is 4.84. The van der Waals surface area contributed by atoms with Gasteiger partial charge in [-0.3, -0.25) is 0 Å². The molecule has 0 bridgehead atoms.